The first-order valence-electron chi connectivity index (χ1n) is 9.90. The Hall–Kier alpha value is -2.01. The number of benzene rings is 1. The normalized spacial score (nSPS) is 15.5. The van der Waals surface area contributed by atoms with Gasteiger partial charge in [-0.25, -0.2) is 13.4 Å². The summed E-state index contributed by atoms with van der Waals surface area (Å²) in [5.74, 6) is -0.676. The van der Waals surface area contributed by atoms with Crippen LogP contribution in [0.4, 0.5) is 5.69 Å². The largest absolute Gasteiger partial charge is 0.379 e. The van der Waals surface area contributed by atoms with Crippen LogP contribution in [0.15, 0.2) is 23.2 Å². The van der Waals surface area contributed by atoms with Crippen molar-refractivity contribution in [3.63, 3.8) is 0 Å². The molecular weight excluding hydrogens is 424 g/mol. The molecule has 10 heteroatoms. The van der Waals surface area contributed by atoms with E-state index in [0.29, 0.717) is 29.5 Å². The van der Waals surface area contributed by atoms with E-state index >= 15 is 0 Å². The number of morpholine rings is 1. The summed E-state index contributed by atoms with van der Waals surface area (Å²) in [5.41, 5.74) is 7.07. The molecule has 164 valence electrons. The quantitative estimate of drug-likeness (QED) is 0.691. The molecule has 1 aromatic carbocycles. The maximum absolute atomic E-state index is 13.3. The second-order valence-corrected chi connectivity index (χ2v) is 10.5. The summed E-state index contributed by atoms with van der Waals surface area (Å²) in [6.07, 6.45) is 2.60. The van der Waals surface area contributed by atoms with Gasteiger partial charge in [0.2, 0.25) is 10.0 Å². The zero-order chi connectivity index (χ0) is 22.1. The van der Waals surface area contributed by atoms with Crippen LogP contribution in [-0.4, -0.2) is 63.0 Å². The van der Waals surface area contributed by atoms with E-state index in [-0.39, 0.29) is 29.6 Å². The van der Waals surface area contributed by atoms with Crippen LogP contribution in [0.1, 0.15) is 36.0 Å². The van der Waals surface area contributed by atoms with Gasteiger partial charge in [0.1, 0.15) is 5.01 Å². The van der Waals surface area contributed by atoms with Gasteiger partial charge >= 0.3 is 0 Å². The molecule has 2 aromatic rings. The summed E-state index contributed by atoms with van der Waals surface area (Å²) in [5, 5.41) is 0.663. The average molecular weight is 453 g/mol. The number of hydrogen-bond donors (Lipinski definition) is 1. The van der Waals surface area contributed by atoms with Crippen LogP contribution in [0.5, 0.6) is 0 Å². The lowest BCUT2D eigenvalue weighted by Gasteiger charge is -2.30. The highest BCUT2D eigenvalue weighted by molar-refractivity contribution is 7.89. The molecule has 0 saturated carbocycles. The topological polar surface area (TPSA) is 106 Å². The highest BCUT2D eigenvalue weighted by Gasteiger charge is 2.30. The van der Waals surface area contributed by atoms with Crippen LogP contribution in [0.25, 0.3) is 10.6 Å². The van der Waals surface area contributed by atoms with Crippen molar-refractivity contribution in [2.75, 3.05) is 38.3 Å². The third-order valence-corrected chi connectivity index (χ3v) is 8.27. The number of hydrogen-bond acceptors (Lipinski definition) is 7. The maximum atomic E-state index is 13.3. The molecule has 0 atom stereocenters. The number of sulfonamides is 1. The lowest BCUT2D eigenvalue weighted by molar-refractivity contribution is 0.0730. The first-order valence-corrected chi connectivity index (χ1v) is 12.2. The molecule has 0 unspecified atom stereocenters. The van der Waals surface area contributed by atoms with Crippen LogP contribution in [-0.2, 0) is 21.2 Å². The van der Waals surface area contributed by atoms with Crippen molar-refractivity contribution < 1.29 is 17.9 Å². The Morgan fingerprint density at radius 3 is 2.53 bits per heavy atom. The van der Waals surface area contributed by atoms with Gasteiger partial charge in [0.05, 0.1) is 29.4 Å². The molecule has 0 spiro atoms. The van der Waals surface area contributed by atoms with E-state index < -0.39 is 15.9 Å². The molecule has 0 bridgehead atoms. The van der Waals surface area contributed by atoms with Gasteiger partial charge in [-0.1, -0.05) is 6.92 Å². The van der Waals surface area contributed by atoms with Crippen molar-refractivity contribution in [3.8, 4) is 10.6 Å². The number of rotatable bonds is 7. The summed E-state index contributed by atoms with van der Waals surface area (Å²) in [6.45, 7) is 7.25. The lowest BCUT2D eigenvalue weighted by Crippen LogP contribution is -2.40. The van der Waals surface area contributed by atoms with E-state index in [1.807, 2.05) is 32.7 Å². The predicted octanol–water partition coefficient (Wildman–Crippen LogP) is 2.34. The summed E-state index contributed by atoms with van der Waals surface area (Å²) >= 11 is 1.49. The van der Waals surface area contributed by atoms with E-state index in [4.69, 9.17) is 10.5 Å². The zero-order valence-corrected chi connectivity index (χ0v) is 19.3. The number of carbonyl (C=O) groups is 1. The second kappa shape index (κ2) is 9.01. The minimum absolute atomic E-state index is 0.0438. The van der Waals surface area contributed by atoms with Crippen molar-refractivity contribution in [2.45, 2.75) is 38.1 Å². The smallest absolute Gasteiger partial charge is 0.250 e. The van der Waals surface area contributed by atoms with Gasteiger partial charge in [-0.05, 0) is 32.4 Å². The minimum Gasteiger partial charge on any atom is -0.379 e. The SMILES string of the molecule is CCc1cnc(-c2cc(S(=O)(=O)N3CCOCC3)cc(C(N)=O)c2N(C)C(C)C)s1. The highest BCUT2D eigenvalue weighted by atomic mass is 32.2. The monoisotopic (exact) mass is 452 g/mol. The highest BCUT2D eigenvalue weighted by Crippen LogP contribution is 2.39. The van der Waals surface area contributed by atoms with Crippen LogP contribution < -0.4 is 10.6 Å². The van der Waals surface area contributed by atoms with Crippen molar-refractivity contribution in [3.05, 3.63) is 28.8 Å². The molecule has 1 amide bonds. The molecule has 1 saturated heterocycles. The Morgan fingerprint density at radius 2 is 2.00 bits per heavy atom. The molecule has 1 aliphatic heterocycles. The fourth-order valence-corrected chi connectivity index (χ4v) is 5.61. The van der Waals surface area contributed by atoms with Crippen molar-refractivity contribution >= 4 is 33.0 Å². The Labute approximate surface area is 181 Å². The number of carbonyl (C=O) groups excluding carboxylic acids is 1. The summed E-state index contributed by atoms with van der Waals surface area (Å²) in [6, 6.07) is 3.07. The molecule has 2 heterocycles. The fourth-order valence-electron chi connectivity index (χ4n) is 3.28. The Bertz CT molecular complexity index is 1030. The third kappa shape index (κ3) is 4.36. The number of amides is 1. The van der Waals surface area contributed by atoms with E-state index in [9.17, 15) is 13.2 Å². The molecule has 0 radical (unpaired) electrons. The average Bonchev–Trinajstić information content (AvgIpc) is 3.22. The molecule has 30 heavy (non-hydrogen) atoms. The zero-order valence-electron chi connectivity index (χ0n) is 17.7. The Morgan fingerprint density at radius 1 is 1.33 bits per heavy atom. The fraction of sp³-hybridized carbons (Fsp3) is 0.500. The number of primary amides is 1. The number of nitrogens with zero attached hydrogens (tertiary/aromatic N) is 3. The molecule has 2 N–H and O–H groups in total. The van der Waals surface area contributed by atoms with Crippen LogP contribution in [0.3, 0.4) is 0 Å². The van der Waals surface area contributed by atoms with Gasteiger partial charge in [0.25, 0.3) is 5.91 Å². The first kappa shape index (κ1) is 22.7. The molecule has 1 aromatic heterocycles. The first-order chi connectivity index (χ1) is 14.2. The van der Waals surface area contributed by atoms with Crippen molar-refractivity contribution in [1.82, 2.24) is 9.29 Å². The molecule has 0 aliphatic carbocycles. The summed E-state index contributed by atoms with van der Waals surface area (Å²) in [7, 11) is -1.94. The van der Waals surface area contributed by atoms with Gasteiger partial charge < -0.3 is 15.4 Å². The van der Waals surface area contributed by atoms with Crippen LogP contribution in [0, 0.1) is 0 Å². The summed E-state index contributed by atoms with van der Waals surface area (Å²) in [4.78, 5) is 19.9. The summed E-state index contributed by atoms with van der Waals surface area (Å²) < 4.78 is 33.3. The van der Waals surface area contributed by atoms with Gasteiger partial charge in [0, 0.05) is 42.8 Å². The van der Waals surface area contributed by atoms with Crippen LogP contribution in [0.2, 0.25) is 0 Å². The Balaban J connectivity index is 2.27. The molecular formula is C20H28N4O4S2. The standard InChI is InChI=1S/C20H28N4O4S2/c1-5-14-12-22-20(29-14)17-11-15(30(26,27)24-6-8-28-9-7-24)10-16(19(21)25)18(17)23(4)13(2)3/h10-13H,5-9H2,1-4H3,(H2,21,25). The van der Waals surface area contributed by atoms with Gasteiger partial charge in [-0.15, -0.1) is 11.3 Å². The molecule has 1 aliphatic rings. The van der Waals surface area contributed by atoms with Crippen molar-refractivity contribution in [1.29, 1.82) is 0 Å². The second-order valence-electron chi connectivity index (χ2n) is 7.44. The van der Waals surface area contributed by atoms with E-state index in [0.717, 1.165) is 11.3 Å². The van der Waals surface area contributed by atoms with Crippen LogP contribution >= 0.6 is 11.3 Å². The number of anilines is 1. The maximum Gasteiger partial charge on any atom is 0.250 e. The number of aromatic nitrogens is 1. The Kier molecular flexibility index (Phi) is 6.81. The minimum atomic E-state index is -3.81. The number of nitrogens with two attached hydrogens (primary N) is 1. The number of ether oxygens (including phenoxy) is 1. The van der Waals surface area contributed by atoms with Gasteiger partial charge in [-0.3, -0.25) is 4.79 Å². The lowest BCUT2D eigenvalue weighted by atomic mass is 10.0. The van der Waals surface area contributed by atoms with E-state index in [2.05, 4.69) is 4.98 Å². The van der Waals surface area contributed by atoms with E-state index in [1.165, 1.54) is 21.7 Å². The molecule has 8 nitrogen and oxygen atoms in total. The van der Waals surface area contributed by atoms with Gasteiger partial charge in [-0.2, -0.15) is 4.31 Å². The van der Waals surface area contributed by atoms with E-state index in [1.54, 1.807) is 12.3 Å². The molecule has 1 fully saturated rings. The predicted molar refractivity (Wildman–Crippen MR) is 119 cm³/mol. The third-order valence-electron chi connectivity index (χ3n) is 5.22. The van der Waals surface area contributed by atoms with Gasteiger partial charge in [0.15, 0.2) is 0 Å². The number of aryl methyl sites for hydroxylation is 1. The molecule has 3 rings (SSSR count). The number of thiazole rings is 1. The van der Waals surface area contributed by atoms with Crippen molar-refractivity contribution in [2.24, 2.45) is 5.73 Å².